The topological polar surface area (TPSA) is 101 Å². The van der Waals surface area contributed by atoms with Crippen LogP contribution in [0, 0.1) is 6.92 Å². The third-order valence-corrected chi connectivity index (χ3v) is 5.47. The van der Waals surface area contributed by atoms with Crippen molar-refractivity contribution in [2.24, 2.45) is 0 Å². The molecule has 132 valence electrons. The number of methoxy groups -OCH3 is 1. The van der Waals surface area contributed by atoms with Gasteiger partial charge < -0.3 is 9.15 Å². The number of rotatable bonds is 6. The van der Waals surface area contributed by atoms with Crippen LogP contribution in [-0.2, 0) is 16.4 Å². The molecule has 3 aromatic rings. The minimum Gasteiger partial charge on any atom is -0.497 e. The van der Waals surface area contributed by atoms with Gasteiger partial charge in [-0.15, -0.1) is 0 Å². The van der Waals surface area contributed by atoms with E-state index in [1.807, 2.05) is 24.3 Å². The van der Waals surface area contributed by atoms with E-state index in [0.29, 0.717) is 17.5 Å². The molecule has 0 bridgehead atoms. The Morgan fingerprint density at radius 2 is 1.92 bits per heavy atom. The van der Waals surface area contributed by atoms with Gasteiger partial charge in [0.05, 0.1) is 17.5 Å². The highest BCUT2D eigenvalue weighted by atomic mass is 32.2. The number of nitrogens with one attached hydrogen (secondary N) is 2. The van der Waals surface area contributed by atoms with Crippen LogP contribution in [0.25, 0.3) is 11.1 Å². The summed E-state index contributed by atoms with van der Waals surface area (Å²) < 4.78 is 37.7. The van der Waals surface area contributed by atoms with Crippen molar-refractivity contribution in [2.75, 3.05) is 13.7 Å². The molecule has 1 aromatic heterocycles. The predicted molar refractivity (Wildman–Crippen MR) is 93.5 cm³/mol. The van der Waals surface area contributed by atoms with E-state index < -0.39 is 15.8 Å². The van der Waals surface area contributed by atoms with Crippen molar-refractivity contribution in [3.05, 3.63) is 58.1 Å². The van der Waals surface area contributed by atoms with Crippen molar-refractivity contribution in [1.29, 1.82) is 0 Å². The summed E-state index contributed by atoms with van der Waals surface area (Å²) in [5.41, 5.74) is 2.21. The lowest BCUT2D eigenvalue weighted by atomic mass is 10.1. The normalized spacial score (nSPS) is 11.8. The molecular weight excluding hydrogens is 344 g/mol. The molecule has 2 aromatic carbocycles. The molecule has 25 heavy (non-hydrogen) atoms. The number of fused-ring (bicyclic) bond motifs is 1. The first-order valence-corrected chi connectivity index (χ1v) is 9.13. The van der Waals surface area contributed by atoms with Crippen molar-refractivity contribution >= 4 is 21.1 Å². The maximum atomic E-state index is 12.5. The number of H-pyrrole nitrogens is 1. The zero-order valence-corrected chi connectivity index (χ0v) is 14.6. The zero-order valence-electron chi connectivity index (χ0n) is 13.8. The average Bonchev–Trinajstić information content (AvgIpc) is 2.93. The number of benzene rings is 2. The lowest BCUT2D eigenvalue weighted by Gasteiger charge is -2.09. The molecule has 0 fully saturated rings. The summed E-state index contributed by atoms with van der Waals surface area (Å²) in [5.74, 6) is 0.137. The van der Waals surface area contributed by atoms with Crippen LogP contribution >= 0.6 is 0 Å². The van der Waals surface area contributed by atoms with Crippen molar-refractivity contribution < 1.29 is 17.6 Å². The smallest absolute Gasteiger partial charge is 0.417 e. The Hall–Kier alpha value is -2.58. The second kappa shape index (κ2) is 6.73. The number of hydrogen-bond acceptors (Lipinski definition) is 5. The quantitative estimate of drug-likeness (QED) is 0.698. The number of ether oxygens (including phenoxy) is 1. The van der Waals surface area contributed by atoms with E-state index in [1.54, 1.807) is 20.1 Å². The molecule has 0 saturated heterocycles. The van der Waals surface area contributed by atoms with Crippen molar-refractivity contribution in [3.63, 3.8) is 0 Å². The lowest BCUT2D eigenvalue weighted by molar-refractivity contribution is 0.414. The van der Waals surface area contributed by atoms with Crippen molar-refractivity contribution in [3.8, 4) is 5.75 Å². The molecule has 1 heterocycles. The molecule has 7 nitrogen and oxygen atoms in total. The highest BCUT2D eigenvalue weighted by Crippen LogP contribution is 2.21. The fourth-order valence-corrected chi connectivity index (χ4v) is 3.85. The summed E-state index contributed by atoms with van der Waals surface area (Å²) in [6, 6.07) is 10.4. The Balaban J connectivity index is 1.74. The van der Waals surface area contributed by atoms with Gasteiger partial charge in [-0.3, -0.25) is 4.98 Å². The molecule has 2 N–H and O–H groups in total. The van der Waals surface area contributed by atoms with Gasteiger partial charge in [0.2, 0.25) is 10.0 Å². The van der Waals surface area contributed by atoms with Crippen LogP contribution < -0.4 is 15.2 Å². The van der Waals surface area contributed by atoms with E-state index in [2.05, 4.69) is 9.71 Å². The standard InChI is InChI=1S/C17H18N2O5S/c1-11-9-14-15(24-17(20)19-14)10-16(11)25(21,22)18-8-7-12-3-5-13(23-2)6-4-12/h3-6,9-10,18H,7-8H2,1-2H3,(H,19,20). The number of hydrogen-bond donors (Lipinski definition) is 2. The van der Waals surface area contributed by atoms with Crippen LogP contribution in [0.3, 0.4) is 0 Å². The zero-order chi connectivity index (χ0) is 18.0. The van der Waals surface area contributed by atoms with E-state index in [9.17, 15) is 13.2 Å². The molecule has 0 aliphatic carbocycles. The molecule has 0 aliphatic heterocycles. The van der Waals surface area contributed by atoms with E-state index in [-0.39, 0.29) is 17.0 Å². The van der Waals surface area contributed by atoms with Crippen molar-refractivity contribution in [2.45, 2.75) is 18.2 Å². The number of aromatic nitrogens is 1. The SMILES string of the molecule is COc1ccc(CCNS(=O)(=O)c2cc3oc(=O)[nH]c3cc2C)cc1. The molecule has 0 unspecified atom stereocenters. The van der Waals surface area contributed by atoms with Gasteiger partial charge in [-0.2, -0.15) is 0 Å². The van der Waals surface area contributed by atoms with Crippen LogP contribution in [0.2, 0.25) is 0 Å². The van der Waals surface area contributed by atoms with Gasteiger partial charge in [0, 0.05) is 12.6 Å². The van der Waals surface area contributed by atoms with E-state index in [1.165, 1.54) is 6.07 Å². The van der Waals surface area contributed by atoms with Crippen molar-refractivity contribution in [1.82, 2.24) is 9.71 Å². The Bertz CT molecular complexity index is 1050. The van der Waals surface area contributed by atoms with Gasteiger partial charge in [0.15, 0.2) is 5.58 Å². The lowest BCUT2D eigenvalue weighted by Crippen LogP contribution is -2.26. The number of sulfonamides is 1. The third kappa shape index (κ3) is 3.75. The maximum absolute atomic E-state index is 12.5. The number of aromatic amines is 1. The molecule has 0 amide bonds. The van der Waals surface area contributed by atoms with Crippen LogP contribution in [0.1, 0.15) is 11.1 Å². The van der Waals surface area contributed by atoms with E-state index in [0.717, 1.165) is 11.3 Å². The summed E-state index contributed by atoms with van der Waals surface area (Å²) in [5, 5.41) is 0. The van der Waals surface area contributed by atoms with E-state index in [4.69, 9.17) is 9.15 Å². The van der Waals surface area contributed by atoms with Gasteiger partial charge in [-0.25, -0.2) is 17.9 Å². The van der Waals surface area contributed by atoms with Gasteiger partial charge in [-0.05, 0) is 42.7 Å². The van der Waals surface area contributed by atoms with Gasteiger partial charge in [-0.1, -0.05) is 12.1 Å². The van der Waals surface area contributed by atoms with Crippen LogP contribution in [0.4, 0.5) is 0 Å². The highest BCUT2D eigenvalue weighted by Gasteiger charge is 2.18. The summed E-state index contributed by atoms with van der Waals surface area (Å²) in [6.07, 6.45) is 0.545. The van der Waals surface area contributed by atoms with Crippen LogP contribution in [0.15, 0.2) is 50.5 Å². The first kappa shape index (κ1) is 17.2. The summed E-state index contributed by atoms with van der Waals surface area (Å²) in [4.78, 5) is 13.8. The number of aryl methyl sites for hydroxylation is 1. The summed E-state index contributed by atoms with van der Waals surface area (Å²) in [6.45, 7) is 1.92. The average molecular weight is 362 g/mol. The summed E-state index contributed by atoms with van der Waals surface area (Å²) in [7, 11) is -2.11. The Morgan fingerprint density at radius 1 is 1.20 bits per heavy atom. The second-order valence-corrected chi connectivity index (χ2v) is 7.36. The van der Waals surface area contributed by atoms with Crippen LogP contribution in [0.5, 0.6) is 5.75 Å². The fourth-order valence-electron chi connectivity index (χ4n) is 2.58. The third-order valence-electron chi connectivity index (χ3n) is 3.87. The first-order valence-electron chi connectivity index (χ1n) is 7.65. The fraction of sp³-hybridized carbons (Fsp3) is 0.235. The molecular formula is C17H18N2O5S. The van der Waals surface area contributed by atoms with Gasteiger partial charge >= 0.3 is 5.76 Å². The Morgan fingerprint density at radius 3 is 2.60 bits per heavy atom. The van der Waals surface area contributed by atoms with Gasteiger partial charge in [0.25, 0.3) is 0 Å². The Kier molecular flexibility index (Phi) is 4.65. The molecule has 0 radical (unpaired) electrons. The number of oxazole rings is 1. The highest BCUT2D eigenvalue weighted by molar-refractivity contribution is 7.89. The molecule has 0 atom stereocenters. The predicted octanol–water partition coefficient (Wildman–Crippen LogP) is 1.96. The largest absolute Gasteiger partial charge is 0.497 e. The molecule has 8 heteroatoms. The minimum atomic E-state index is -3.71. The Labute approximate surface area is 144 Å². The molecule has 0 spiro atoms. The molecule has 0 aliphatic rings. The summed E-state index contributed by atoms with van der Waals surface area (Å²) >= 11 is 0. The monoisotopic (exact) mass is 362 g/mol. The second-order valence-electron chi connectivity index (χ2n) is 5.62. The minimum absolute atomic E-state index is 0.0949. The molecule has 3 rings (SSSR count). The first-order chi connectivity index (χ1) is 11.9. The van der Waals surface area contributed by atoms with Gasteiger partial charge in [0.1, 0.15) is 5.75 Å². The van der Waals surface area contributed by atoms with E-state index >= 15 is 0 Å². The molecule has 0 saturated carbocycles. The maximum Gasteiger partial charge on any atom is 0.417 e. The van der Waals surface area contributed by atoms with Crippen LogP contribution in [-0.4, -0.2) is 27.1 Å².